The van der Waals surface area contributed by atoms with Gasteiger partial charge in [0.25, 0.3) is 0 Å². The highest BCUT2D eigenvalue weighted by atomic mass is 16.5. The van der Waals surface area contributed by atoms with Gasteiger partial charge in [-0.3, -0.25) is 0 Å². The molecule has 3 nitrogen and oxygen atoms in total. The van der Waals surface area contributed by atoms with Crippen molar-refractivity contribution in [2.45, 2.75) is 11.8 Å². The van der Waals surface area contributed by atoms with E-state index in [0.29, 0.717) is 13.2 Å². The average molecular weight is 209 g/mol. The first-order chi connectivity index (χ1) is 7.29. The number of aliphatic hydroxyl groups excluding tert-OH is 1. The summed E-state index contributed by atoms with van der Waals surface area (Å²) in [5.41, 5.74) is 6.49. The molecule has 0 saturated carbocycles. The van der Waals surface area contributed by atoms with Crippen LogP contribution in [0.15, 0.2) is 30.3 Å². The lowest BCUT2D eigenvalue weighted by atomic mass is 9.78. The summed E-state index contributed by atoms with van der Waals surface area (Å²) < 4.78 is 5.06. The quantitative estimate of drug-likeness (QED) is 0.732. The van der Waals surface area contributed by atoms with Crippen molar-refractivity contribution in [3.63, 3.8) is 0 Å². The maximum Gasteiger partial charge on any atom is 0.0541 e. The molecule has 0 aliphatic heterocycles. The summed E-state index contributed by atoms with van der Waals surface area (Å²) in [6.45, 7) is 1.08. The van der Waals surface area contributed by atoms with Gasteiger partial charge in [-0.25, -0.2) is 0 Å². The van der Waals surface area contributed by atoms with Crippen LogP contribution in [0.1, 0.15) is 12.0 Å². The van der Waals surface area contributed by atoms with Crippen molar-refractivity contribution in [2.24, 2.45) is 5.73 Å². The smallest absolute Gasteiger partial charge is 0.0541 e. The van der Waals surface area contributed by atoms with Gasteiger partial charge in [0, 0.05) is 25.7 Å². The van der Waals surface area contributed by atoms with Crippen molar-refractivity contribution >= 4 is 0 Å². The van der Waals surface area contributed by atoms with E-state index < -0.39 is 0 Å². The molecule has 0 spiro atoms. The van der Waals surface area contributed by atoms with Crippen molar-refractivity contribution in [1.29, 1.82) is 0 Å². The third-order valence-electron chi connectivity index (χ3n) is 2.86. The second-order valence-electron chi connectivity index (χ2n) is 3.75. The molecule has 0 aliphatic rings. The van der Waals surface area contributed by atoms with Gasteiger partial charge in [0.2, 0.25) is 0 Å². The minimum absolute atomic E-state index is 0.0525. The van der Waals surface area contributed by atoms with Crippen molar-refractivity contribution in [3.05, 3.63) is 35.9 Å². The molecule has 1 unspecified atom stereocenters. The lowest BCUT2D eigenvalue weighted by Gasteiger charge is -2.30. The Labute approximate surface area is 90.9 Å². The topological polar surface area (TPSA) is 55.5 Å². The number of hydrogen-bond donors (Lipinski definition) is 2. The summed E-state index contributed by atoms with van der Waals surface area (Å²) in [6, 6.07) is 9.88. The molecule has 0 amide bonds. The Morgan fingerprint density at radius 3 is 2.47 bits per heavy atom. The van der Waals surface area contributed by atoms with Crippen molar-refractivity contribution < 1.29 is 9.84 Å². The first-order valence-electron chi connectivity index (χ1n) is 5.14. The minimum atomic E-state index is -0.364. The molecule has 3 N–H and O–H groups in total. The van der Waals surface area contributed by atoms with Gasteiger partial charge in [0.1, 0.15) is 0 Å². The van der Waals surface area contributed by atoms with Gasteiger partial charge < -0.3 is 15.6 Å². The largest absolute Gasteiger partial charge is 0.395 e. The lowest BCUT2D eigenvalue weighted by molar-refractivity contribution is 0.129. The molecule has 1 rings (SSSR count). The maximum absolute atomic E-state index is 9.52. The van der Waals surface area contributed by atoms with Gasteiger partial charge in [0.15, 0.2) is 0 Å². The first-order valence-corrected chi connectivity index (χ1v) is 5.14. The van der Waals surface area contributed by atoms with Gasteiger partial charge in [-0.05, 0) is 12.0 Å². The van der Waals surface area contributed by atoms with E-state index >= 15 is 0 Å². The highest BCUT2D eigenvalue weighted by Gasteiger charge is 2.29. The van der Waals surface area contributed by atoms with Crippen molar-refractivity contribution in [2.75, 3.05) is 26.9 Å². The van der Waals surface area contributed by atoms with E-state index in [2.05, 4.69) is 0 Å². The molecule has 15 heavy (non-hydrogen) atoms. The lowest BCUT2D eigenvalue weighted by Crippen LogP contribution is -2.39. The molecule has 1 atom stereocenters. The Hall–Kier alpha value is -0.900. The summed E-state index contributed by atoms with van der Waals surface area (Å²) >= 11 is 0. The summed E-state index contributed by atoms with van der Waals surface area (Å²) in [5, 5.41) is 9.52. The van der Waals surface area contributed by atoms with Crippen molar-refractivity contribution in [1.82, 2.24) is 0 Å². The van der Waals surface area contributed by atoms with Crippen LogP contribution in [0.5, 0.6) is 0 Å². The van der Waals surface area contributed by atoms with Crippen LogP contribution in [0.25, 0.3) is 0 Å². The van der Waals surface area contributed by atoms with Crippen LogP contribution in [0, 0.1) is 0 Å². The molecule has 0 aromatic heterocycles. The van der Waals surface area contributed by atoms with E-state index in [1.807, 2.05) is 30.3 Å². The molecule has 0 bridgehead atoms. The SMILES string of the molecule is COCCC(CN)(CO)c1ccccc1. The van der Waals surface area contributed by atoms with E-state index in [1.54, 1.807) is 7.11 Å². The molecule has 1 aromatic carbocycles. The number of aliphatic hydroxyl groups is 1. The van der Waals surface area contributed by atoms with Crippen LogP contribution in [-0.2, 0) is 10.2 Å². The maximum atomic E-state index is 9.52. The molecule has 0 saturated heterocycles. The molecule has 1 aromatic rings. The van der Waals surface area contributed by atoms with Crippen LogP contribution in [0.2, 0.25) is 0 Å². The second-order valence-corrected chi connectivity index (χ2v) is 3.75. The van der Waals surface area contributed by atoms with Crippen LogP contribution in [0.3, 0.4) is 0 Å². The fourth-order valence-electron chi connectivity index (χ4n) is 1.69. The molecule has 0 radical (unpaired) electrons. The summed E-state index contributed by atoms with van der Waals surface area (Å²) in [7, 11) is 1.66. The first kappa shape index (κ1) is 12.2. The summed E-state index contributed by atoms with van der Waals surface area (Å²) in [4.78, 5) is 0. The number of hydrogen-bond acceptors (Lipinski definition) is 3. The zero-order valence-electron chi connectivity index (χ0n) is 9.15. The van der Waals surface area contributed by atoms with E-state index in [-0.39, 0.29) is 12.0 Å². The van der Waals surface area contributed by atoms with Crippen LogP contribution in [0.4, 0.5) is 0 Å². The molecular weight excluding hydrogens is 190 g/mol. The fourth-order valence-corrected chi connectivity index (χ4v) is 1.69. The summed E-state index contributed by atoms with van der Waals surface area (Å²) in [5.74, 6) is 0. The van der Waals surface area contributed by atoms with E-state index in [4.69, 9.17) is 10.5 Å². The van der Waals surface area contributed by atoms with Crippen LogP contribution < -0.4 is 5.73 Å². The van der Waals surface area contributed by atoms with Crippen LogP contribution in [-0.4, -0.2) is 32.0 Å². The molecule has 0 aliphatic carbocycles. The zero-order valence-corrected chi connectivity index (χ0v) is 9.15. The van der Waals surface area contributed by atoms with E-state index in [1.165, 1.54) is 0 Å². The monoisotopic (exact) mass is 209 g/mol. The standard InChI is InChI=1S/C12H19NO2/c1-15-8-7-12(9-13,10-14)11-5-3-2-4-6-11/h2-6,14H,7-10,13H2,1H3. The Kier molecular flexibility index (Phi) is 4.75. The third-order valence-corrected chi connectivity index (χ3v) is 2.86. The van der Waals surface area contributed by atoms with Crippen LogP contribution >= 0.6 is 0 Å². The Morgan fingerprint density at radius 1 is 1.33 bits per heavy atom. The Balaban J connectivity index is 2.89. The number of ether oxygens (including phenoxy) is 1. The van der Waals surface area contributed by atoms with Gasteiger partial charge >= 0.3 is 0 Å². The van der Waals surface area contributed by atoms with Gasteiger partial charge in [-0.15, -0.1) is 0 Å². The Morgan fingerprint density at radius 2 is 2.00 bits per heavy atom. The minimum Gasteiger partial charge on any atom is -0.395 e. The van der Waals surface area contributed by atoms with E-state index in [0.717, 1.165) is 12.0 Å². The Bertz CT molecular complexity index is 270. The van der Waals surface area contributed by atoms with E-state index in [9.17, 15) is 5.11 Å². The third kappa shape index (κ3) is 2.78. The molecule has 3 heteroatoms. The highest BCUT2D eigenvalue weighted by molar-refractivity contribution is 5.26. The highest BCUT2D eigenvalue weighted by Crippen LogP contribution is 2.26. The number of benzene rings is 1. The number of methoxy groups -OCH3 is 1. The average Bonchev–Trinajstić information content (AvgIpc) is 2.33. The zero-order chi connectivity index (χ0) is 11.1. The number of rotatable bonds is 6. The predicted molar refractivity (Wildman–Crippen MR) is 60.8 cm³/mol. The number of nitrogens with two attached hydrogens (primary N) is 1. The fraction of sp³-hybridized carbons (Fsp3) is 0.500. The molecule has 0 heterocycles. The molecular formula is C12H19NO2. The predicted octanol–water partition coefficient (Wildman–Crippen LogP) is 0.912. The molecule has 0 fully saturated rings. The van der Waals surface area contributed by atoms with Gasteiger partial charge in [-0.2, -0.15) is 0 Å². The normalized spacial score (nSPS) is 14.9. The second kappa shape index (κ2) is 5.85. The molecule has 84 valence electrons. The van der Waals surface area contributed by atoms with Crippen molar-refractivity contribution in [3.8, 4) is 0 Å². The van der Waals surface area contributed by atoms with Gasteiger partial charge in [-0.1, -0.05) is 30.3 Å². The van der Waals surface area contributed by atoms with Gasteiger partial charge in [0.05, 0.1) is 6.61 Å². The summed E-state index contributed by atoms with van der Waals surface area (Å²) in [6.07, 6.45) is 0.737.